The number of carbonyl (C=O) groups is 2. The van der Waals surface area contributed by atoms with E-state index < -0.39 is 0 Å². The zero-order valence-corrected chi connectivity index (χ0v) is 11.0. The third kappa shape index (κ3) is 3.71. The molecule has 0 spiro atoms. The second-order valence-electron chi connectivity index (χ2n) is 4.59. The molecule has 1 N–H and O–H groups in total. The highest BCUT2D eigenvalue weighted by atomic mass is 16.6. The van der Waals surface area contributed by atoms with Gasteiger partial charge in [0.1, 0.15) is 12.8 Å². The van der Waals surface area contributed by atoms with E-state index in [9.17, 15) is 9.59 Å². The third-order valence-corrected chi connectivity index (χ3v) is 3.06. The summed E-state index contributed by atoms with van der Waals surface area (Å²) in [5.74, 6) is -0.132. The fourth-order valence-corrected chi connectivity index (χ4v) is 2.17. The molecule has 5 heteroatoms. The lowest BCUT2D eigenvalue weighted by molar-refractivity contribution is -0.120. The maximum Gasteiger partial charge on any atom is 0.411 e. The molecule has 1 fully saturated rings. The van der Waals surface area contributed by atoms with Gasteiger partial charge in [0.05, 0.1) is 0 Å². The molecule has 2 rings (SSSR count). The van der Waals surface area contributed by atoms with Crippen LogP contribution >= 0.6 is 0 Å². The molecule has 1 saturated heterocycles. The van der Waals surface area contributed by atoms with Gasteiger partial charge in [-0.15, -0.1) is 0 Å². The Morgan fingerprint density at radius 3 is 2.79 bits per heavy atom. The summed E-state index contributed by atoms with van der Waals surface area (Å²) in [7, 11) is 0. The smallest absolute Gasteiger partial charge is 0.411 e. The van der Waals surface area contributed by atoms with Gasteiger partial charge in [0, 0.05) is 13.5 Å². The highest BCUT2D eigenvalue weighted by molar-refractivity contribution is 5.74. The Kier molecular flexibility index (Phi) is 4.39. The van der Waals surface area contributed by atoms with Crippen LogP contribution in [0.25, 0.3) is 0 Å². The Morgan fingerprint density at radius 2 is 2.11 bits per heavy atom. The Hall–Kier alpha value is -2.04. The minimum Gasteiger partial charge on any atom is -0.444 e. The molecule has 19 heavy (non-hydrogen) atoms. The first kappa shape index (κ1) is 13.4. The molecule has 1 unspecified atom stereocenters. The topological polar surface area (TPSA) is 58.6 Å². The van der Waals surface area contributed by atoms with Crippen molar-refractivity contribution in [3.05, 3.63) is 35.9 Å². The molecule has 1 aromatic carbocycles. The van der Waals surface area contributed by atoms with Gasteiger partial charge in [-0.25, -0.2) is 4.79 Å². The van der Waals surface area contributed by atoms with Crippen molar-refractivity contribution in [1.82, 2.24) is 10.2 Å². The maximum absolute atomic E-state index is 12.0. The zero-order valence-electron chi connectivity index (χ0n) is 11.0. The zero-order chi connectivity index (χ0) is 13.7. The number of likely N-dealkylation sites (tertiary alicyclic amines) is 1. The molecule has 1 aromatic rings. The van der Waals surface area contributed by atoms with E-state index in [-0.39, 0.29) is 24.8 Å². The van der Waals surface area contributed by atoms with Gasteiger partial charge in [0.25, 0.3) is 0 Å². The largest absolute Gasteiger partial charge is 0.444 e. The Labute approximate surface area is 112 Å². The van der Waals surface area contributed by atoms with Crippen LogP contribution in [0.1, 0.15) is 25.3 Å². The van der Waals surface area contributed by atoms with Crippen molar-refractivity contribution in [2.24, 2.45) is 0 Å². The summed E-state index contributed by atoms with van der Waals surface area (Å²) in [6.07, 6.45) is 1.05. The summed E-state index contributed by atoms with van der Waals surface area (Å²) in [6.45, 7) is 2.33. The Balaban J connectivity index is 1.87. The average Bonchev–Trinajstić information content (AvgIpc) is 2.84. The summed E-state index contributed by atoms with van der Waals surface area (Å²) in [6, 6.07) is 9.53. The van der Waals surface area contributed by atoms with Gasteiger partial charge in [-0.3, -0.25) is 9.69 Å². The molecule has 0 bridgehead atoms. The Bertz CT molecular complexity index is 447. The van der Waals surface area contributed by atoms with E-state index in [0.29, 0.717) is 6.54 Å². The average molecular weight is 262 g/mol. The predicted octanol–water partition coefficient (Wildman–Crippen LogP) is 1.88. The fraction of sp³-hybridized carbons (Fsp3) is 0.429. The summed E-state index contributed by atoms with van der Waals surface area (Å²) in [4.78, 5) is 24.6. The van der Waals surface area contributed by atoms with Gasteiger partial charge in [0.2, 0.25) is 5.91 Å². The number of nitrogens with zero attached hydrogens (tertiary/aromatic N) is 1. The molecule has 0 aromatic heterocycles. The van der Waals surface area contributed by atoms with Crippen LogP contribution < -0.4 is 5.32 Å². The lowest BCUT2D eigenvalue weighted by Gasteiger charge is -2.24. The van der Waals surface area contributed by atoms with Crippen LogP contribution in [0.2, 0.25) is 0 Å². The molecule has 5 nitrogen and oxygen atoms in total. The standard InChI is InChI=1S/C14H18N2O3/c1-11(17)15-13-8-5-9-16(13)14(18)19-10-12-6-3-2-4-7-12/h2-4,6-7,13H,5,8-10H2,1H3,(H,15,17). The number of ether oxygens (including phenoxy) is 1. The number of nitrogens with one attached hydrogen (secondary N) is 1. The van der Waals surface area contributed by atoms with Crippen LogP contribution in [-0.2, 0) is 16.1 Å². The number of hydrogen-bond acceptors (Lipinski definition) is 3. The molecule has 1 aliphatic heterocycles. The van der Waals surface area contributed by atoms with Crippen LogP contribution in [0.3, 0.4) is 0 Å². The van der Waals surface area contributed by atoms with E-state index in [1.807, 2.05) is 30.3 Å². The van der Waals surface area contributed by atoms with E-state index in [1.165, 1.54) is 6.92 Å². The molecular formula is C14H18N2O3. The SMILES string of the molecule is CC(=O)NC1CCCN1C(=O)OCc1ccccc1. The molecule has 1 atom stereocenters. The van der Waals surface area contributed by atoms with Gasteiger partial charge < -0.3 is 10.1 Å². The minimum absolute atomic E-state index is 0.132. The van der Waals surface area contributed by atoms with Gasteiger partial charge in [0.15, 0.2) is 0 Å². The van der Waals surface area contributed by atoms with Gasteiger partial charge in [-0.1, -0.05) is 30.3 Å². The maximum atomic E-state index is 12.0. The number of rotatable bonds is 3. The van der Waals surface area contributed by atoms with Crippen molar-refractivity contribution < 1.29 is 14.3 Å². The second kappa shape index (κ2) is 6.22. The monoisotopic (exact) mass is 262 g/mol. The van der Waals surface area contributed by atoms with E-state index in [4.69, 9.17) is 4.74 Å². The summed E-state index contributed by atoms with van der Waals surface area (Å²) < 4.78 is 5.26. The van der Waals surface area contributed by atoms with Crippen molar-refractivity contribution in [2.45, 2.75) is 32.5 Å². The molecule has 102 valence electrons. The molecular weight excluding hydrogens is 244 g/mol. The Morgan fingerprint density at radius 1 is 1.37 bits per heavy atom. The third-order valence-electron chi connectivity index (χ3n) is 3.06. The first-order chi connectivity index (χ1) is 9.16. The van der Waals surface area contributed by atoms with E-state index >= 15 is 0 Å². The van der Waals surface area contributed by atoms with Crippen molar-refractivity contribution in [1.29, 1.82) is 0 Å². The summed E-state index contributed by atoms with van der Waals surface area (Å²) in [5, 5.41) is 2.76. The first-order valence-corrected chi connectivity index (χ1v) is 6.41. The lowest BCUT2D eigenvalue weighted by Crippen LogP contribution is -2.46. The van der Waals surface area contributed by atoms with Crippen molar-refractivity contribution >= 4 is 12.0 Å². The molecule has 0 radical (unpaired) electrons. The first-order valence-electron chi connectivity index (χ1n) is 6.41. The second-order valence-corrected chi connectivity index (χ2v) is 4.59. The molecule has 2 amide bonds. The van der Waals surface area contributed by atoms with Gasteiger partial charge in [-0.2, -0.15) is 0 Å². The van der Waals surface area contributed by atoms with E-state index in [1.54, 1.807) is 4.90 Å². The number of amides is 2. The number of benzene rings is 1. The van der Waals surface area contributed by atoms with Crippen molar-refractivity contribution in [3.8, 4) is 0 Å². The number of carbonyl (C=O) groups excluding carboxylic acids is 2. The van der Waals surface area contributed by atoms with E-state index in [0.717, 1.165) is 18.4 Å². The van der Waals surface area contributed by atoms with Crippen molar-refractivity contribution in [2.75, 3.05) is 6.54 Å². The highest BCUT2D eigenvalue weighted by Crippen LogP contribution is 2.16. The number of hydrogen-bond donors (Lipinski definition) is 1. The normalized spacial score (nSPS) is 18.2. The predicted molar refractivity (Wildman–Crippen MR) is 70.2 cm³/mol. The summed E-state index contributed by atoms with van der Waals surface area (Å²) >= 11 is 0. The lowest BCUT2D eigenvalue weighted by atomic mass is 10.2. The quantitative estimate of drug-likeness (QED) is 0.904. The van der Waals surface area contributed by atoms with Crippen molar-refractivity contribution in [3.63, 3.8) is 0 Å². The van der Waals surface area contributed by atoms with Crippen LogP contribution in [0.5, 0.6) is 0 Å². The van der Waals surface area contributed by atoms with Crippen LogP contribution in [0, 0.1) is 0 Å². The minimum atomic E-state index is -0.375. The van der Waals surface area contributed by atoms with Crippen LogP contribution in [0.4, 0.5) is 4.79 Å². The van der Waals surface area contributed by atoms with Crippen LogP contribution in [0.15, 0.2) is 30.3 Å². The molecule has 0 aliphatic carbocycles. The highest BCUT2D eigenvalue weighted by Gasteiger charge is 2.30. The van der Waals surface area contributed by atoms with E-state index in [2.05, 4.69) is 5.32 Å². The fourth-order valence-electron chi connectivity index (χ4n) is 2.17. The molecule has 1 aliphatic rings. The molecule has 0 saturated carbocycles. The molecule has 1 heterocycles. The van der Waals surface area contributed by atoms with Crippen LogP contribution in [-0.4, -0.2) is 29.6 Å². The summed E-state index contributed by atoms with van der Waals surface area (Å²) in [5.41, 5.74) is 0.950. The van der Waals surface area contributed by atoms with Gasteiger partial charge in [-0.05, 0) is 18.4 Å². The van der Waals surface area contributed by atoms with Gasteiger partial charge >= 0.3 is 6.09 Å².